The van der Waals surface area contributed by atoms with Crippen molar-refractivity contribution < 1.29 is 19.1 Å². The number of carbonyl (C=O) groups excluding carboxylic acids is 2. The molecule has 1 saturated heterocycles. The number of anilines is 1. The molecule has 2 aromatic rings. The lowest BCUT2D eigenvalue weighted by Crippen LogP contribution is -2.52. The summed E-state index contributed by atoms with van der Waals surface area (Å²) in [5.74, 6) is 0.135. The molecule has 0 aliphatic carbocycles. The summed E-state index contributed by atoms with van der Waals surface area (Å²) in [6, 6.07) is 5.62. The Morgan fingerprint density at radius 1 is 1.28 bits per heavy atom. The minimum atomic E-state index is -0.539. The lowest BCUT2D eigenvalue weighted by molar-refractivity contribution is -0.117. The van der Waals surface area contributed by atoms with Crippen LogP contribution < -0.4 is 10.1 Å². The van der Waals surface area contributed by atoms with E-state index in [-0.39, 0.29) is 18.4 Å². The van der Waals surface area contributed by atoms with Crippen molar-refractivity contribution in [3.63, 3.8) is 0 Å². The van der Waals surface area contributed by atoms with Crippen LogP contribution >= 0.6 is 11.3 Å². The molecule has 2 amide bonds. The summed E-state index contributed by atoms with van der Waals surface area (Å²) in [6.45, 7) is 7.27. The average molecular weight is 416 g/mol. The van der Waals surface area contributed by atoms with Gasteiger partial charge in [-0.1, -0.05) is 11.6 Å². The molecule has 2 aliphatic heterocycles. The second kappa shape index (κ2) is 7.76. The number of rotatable bonds is 3. The van der Waals surface area contributed by atoms with Crippen LogP contribution in [0.5, 0.6) is 5.75 Å². The number of aryl methyl sites for hydroxylation is 3. The van der Waals surface area contributed by atoms with Gasteiger partial charge in [0.2, 0.25) is 5.91 Å². The second-order valence-electron chi connectivity index (χ2n) is 7.77. The summed E-state index contributed by atoms with van der Waals surface area (Å²) >= 11 is 1.43. The van der Waals surface area contributed by atoms with Crippen LogP contribution in [0.25, 0.3) is 0 Å². The molecule has 1 aromatic heterocycles. The van der Waals surface area contributed by atoms with Crippen LogP contribution in [0, 0.1) is 20.8 Å². The zero-order valence-electron chi connectivity index (χ0n) is 16.9. The first-order valence-electron chi connectivity index (χ1n) is 9.76. The molecule has 3 heterocycles. The monoisotopic (exact) mass is 415 g/mol. The van der Waals surface area contributed by atoms with E-state index in [1.165, 1.54) is 11.3 Å². The van der Waals surface area contributed by atoms with E-state index in [9.17, 15) is 9.59 Å². The summed E-state index contributed by atoms with van der Waals surface area (Å²) in [5.41, 5.74) is 1.84. The molecule has 4 rings (SSSR count). The number of thiazole rings is 1. The van der Waals surface area contributed by atoms with Gasteiger partial charge >= 0.3 is 0 Å². The molecule has 1 spiro atoms. The zero-order chi connectivity index (χ0) is 20.6. The molecule has 7 nitrogen and oxygen atoms in total. The number of amides is 2. The Hall–Kier alpha value is -2.45. The van der Waals surface area contributed by atoms with Crippen LogP contribution in [0.15, 0.2) is 18.2 Å². The van der Waals surface area contributed by atoms with Crippen molar-refractivity contribution in [3.05, 3.63) is 39.9 Å². The van der Waals surface area contributed by atoms with Gasteiger partial charge in [-0.3, -0.25) is 9.59 Å². The smallest absolute Gasteiger partial charge is 0.258 e. The molecule has 0 radical (unpaired) electrons. The molecule has 1 fully saturated rings. The molecule has 8 heteroatoms. The Kier molecular flexibility index (Phi) is 5.31. The third-order valence-electron chi connectivity index (χ3n) is 5.47. The van der Waals surface area contributed by atoms with E-state index in [0.29, 0.717) is 49.0 Å². The number of nitrogens with one attached hydrogen (secondary N) is 1. The maximum atomic E-state index is 13.3. The van der Waals surface area contributed by atoms with Crippen molar-refractivity contribution in [1.29, 1.82) is 0 Å². The Labute approximate surface area is 174 Å². The number of ether oxygens (including phenoxy) is 2. The number of aromatic nitrogens is 1. The highest BCUT2D eigenvalue weighted by atomic mass is 32.1. The fourth-order valence-corrected chi connectivity index (χ4v) is 4.58. The van der Waals surface area contributed by atoms with Crippen molar-refractivity contribution in [3.8, 4) is 5.75 Å². The number of carbonyl (C=O) groups is 2. The average Bonchev–Trinajstić information content (AvgIpc) is 2.94. The van der Waals surface area contributed by atoms with Gasteiger partial charge in [0.15, 0.2) is 5.13 Å². The van der Waals surface area contributed by atoms with E-state index < -0.39 is 5.60 Å². The summed E-state index contributed by atoms with van der Waals surface area (Å²) in [4.78, 5) is 33.0. The Balaban J connectivity index is 1.60. The minimum Gasteiger partial charge on any atom is -0.484 e. The number of hydrogen-bond acceptors (Lipinski definition) is 6. The van der Waals surface area contributed by atoms with Gasteiger partial charge in [-0.25, -0.2) is 4.98 Å². The third-order valence-corrected chi connectivity index (χ3v) is 6.46. The molecule has 0 atom stereocenters. The molecule has 0 unspecified atom stereocenters. The van der Waals surface area contributed by atoms with Gasteiger partial charge < -0.3 is 19.7 Å². The van der Waals surface area contributed by atoms with E-state index >= 15 is 0 Å². The summed E-state index contributed by atoms with van der Waals surface area (Å²) in [6.07, 6.45) is 1.35. The third kappa shape index (κ3) is 4.13. The van der Waals surface area contributed by atoms with Gasteiger partial charge in [-0.15, -0.1) is 11.3 Å². The van der Waals surface area contributed by atoms with Crippen molar-refractivity contribution in [2.24, 2.45) is 0 Å². The second-order valence-corrected chi connectivity index (χ2v) is 8.97. The van der Waals surface area contributed by atoms with Crippen LogP contribution in [-0.2, 0) is 9.53 Å². The van der Waals surface area contributed by atoms with Crippen LogP contribution in [0.3, 0.4) is 0 Å². The molecular weight excluding hydrogens is 390 g/mol. The van der Waals surface area contributed by atoms with Crippen molar-refractivity contribution in [2.45, 2.75) is 39.2 Å². The molecule has 1 N–H and O–H groups in total. The minimum absolute atomic E-state index is 0.0458. The van der Waals surface area contributed by atoms with Gasteiger partial charge in [-0.05, 0) is 32.9 Å². The quantitative estimate of drug-likeness (QED) is 0.833. The van der Waals surface area contributed by atoms with Crippen LogP contribution in [0.1, 0.15) is 39.3 Å². The lowest BCUT2D eigenvalue weighted by Gasteiger charge is -2.38. The molecular formula is C21H25N3O4S. The molecule has 0 saturated carbocycles. The molecule has 0 bridgehead atoms. The molecule has 154 valence electrons. The van der Waals surface area contributed by atoms with Gasteiger partial charge in [-0.2, -0.15) is 0 Å². The topological polar surface area (TPSA) is 80.8 Å². The van der Waals surface area contributed by atoms with Gasteiger partial charge in [0.05, 0.1) is 31.0 Å². The summed E-state index contributed by atoms with van der Waals surface area (Å²) < 4.78 is 11.9. The highest BCUT2D eigenvalue weighted by Gasteiger charge is 2.42. The fourth-order valence-electron chi connectivity index (χ4n) is 3.75. The van der Waals surface area contributed by atoms with Crippen molar-refractivity contribution in [1.82, 2.24) is 9.88 Å². The van der Waals surface area contributed by atoms with Gasteiger partial charge in [0, 0.05) is 17.7 Å². The van der Waals surface area contributed by atoms with Crippen LogP contribution in [0.4, 0.5) is 5.13 Å². The van der Waals surface area contributed by atoms with E-state index in [2.05, 4.69) is 10.3 Å². The van der Waals surface area contributed by atoms with E-state index in [0.717, 1.165) is 16.1 Å². The predicted octanol–water partition coefficient (Wildman–Crippen LogP) is 3.09. The lowest BCUT2D eigenvalue weighted by atomic mass is 9.93. The van der Waals surface area contributed by atoms with Gasteiger partial charge in [0.25, 0.3) is 5.91 Å². The Morgan fingerprint density at radius 3 is 2.72 bits per heavy atom. The number of fused-ring (bicyclic) bond motifs is 1. The zero-order valence-corrected chi connectivity index (χ0v) is 17.7. The van der Waals surface area contributed by atoms with E-state index in [1.54, 1.807) is 4.90 Å². The molecule has 2 aliphatic rings. The largest absolute Gasteiger partial charge is 0.484 e. The van der Waals surface area contributed by atoms with Crippen molar-refractivity contribution in [2.75, 3.05) is 31.6 Å². The molecule has 1 aromatic carbocycles. The maximum Gasteiger partial charge on any atom is 0.258 e. The molecule has 29 heavy (non-hydrogen) atoms. The fraction of sp³-hybridized carbons (Fsp3) is 0.476. The summed E-state index contributed by atoms with van der Waals surface area (Å²) in [7, 11) is 0. The normalized spacial score (nSPS) is 18.2. The summed E-state index contributed by atoms with van der Waals surface area (Å²) in [5, 5.41) is 3.38. The first-order valence-corrected chi connectivity index (χ1v) is 10.6. The van der Waals surface area contributed by atoms with E-state index in [1.807, 2.05) is 39.0 Å². The highest BCUT2D eigenvalue weighted by molar-refractivity contribution is 7.15. The highest BCUT2D eigenvalue weighted by Crippen LogP contribution is 2.35. The van der Waals surface area contributed by atoms with Crippen molar-refractivity contribution >= 4 is 28.3 Å². The van der Waals surface area contributed by atoms with Gasteiger partial charge in [0.1, 0.15) is 17.9 Å². The SMILES string of the molecule is Cc1ccc2c(c1)C(=O)N(CC(=O)Nc1nc(C)c(C)s1)CC1(CCOCC1)O2. The Bertz CT molecular complexity index is 930. The van der Waals surface area contributed by atoms with Crippen LogP contribution in [0.2, 0.25) is 0 Å². The van der Waals surface area contributed by atoms with E-state index in [4.69, 9.17) is 9.47 Å². The maximum absolute atomic E-state index is 13.3. The first-order chi connectivity index (χ1) is 13.8. The Morgan fingerprint density at radius 2 is 2.03 bits per heavy atom. The predicted molar refractivity (Wildman–Crippen MR) is 111 cm³/mol. The number of hydrogen-bond donors (Lipinski definition) is 1. The number of nitrogens with zero attached hydrogens (tertiary/aromatic N) is 2. The number of benzene rings is 1. The first kappa shape index (κ1) is 19.8. The standard InChI is InChI=1S/C21H25N3O4S/c1-13-4-5-17-16(10-13)19(26)24(12-21(28-17)6-8-27-9-7-21)11-18(25)23-20-22-14(2)15(3)29-20/h4-5,10H,6-9,11-12H2,1-3H3,(H,22,23,25). The van der Waals surface area contributed by atoms with Crippen LogP contribution in [-0.4, -0.2) is 53.6 Å².